The molecular formula is C13H23N3O3S. The highest BCUT2D eigenvalue weighted by atomic mass is 32.2. The lowest BCUT2D eigenvalue weighted by atomic mass is 10.3. The lowest BCUT2D eigenvalue weighted by Gasteiger charge is -2.09. The van der Waals surface area contributed by atoms with E-state index in [-0.39, 0.29) is 6.04 Å². The van der Waals surface area contributed by atoms with Crippen molar-refractivity contribution in [1.82, 2.24) is 14.6 Å². The van der Waals surface area contributed by atoms with Gasteiger partial charge in [0.1, 0.15) is 0 Å². The fourth-order valence-electron chi connectivity index (χ4n) is 2.21. The van der Waals surface area contributed by atoms with E-state index in [2.05, 4.69) is 17.0 Å². The van der Waals surface area contributed by atoms with Gasteiger partial charge in [0.15, 0.2) is 0 Å². The smallest absolute Gasteiger partial charge is 0.242 e. The normalized spacial score (nSPS) is 19.6. The van der Waals surface area contributed by atoms with Crippen molar-refractivity contribution in [1.29, 1.82) is 0 Å². The lowest BCUT2D eigenvalue weighted by molar-refractivity contribution is 0.192. The fourth-order valence-corrected chi connectivity index (χ4v) is 3.56. The van der Waals surface area contributed by atoms with Gasteiger partial charge < -0.3 is 14.6 Å². The van der Waals surface area contributed by atoms with Crippen molar-refractivity contribution < 1.29 is 13.2 Å². The van der Waals surface area contributed by atoms with Gasteiger partial charge in [0.05, 0.1) is 11.5 Å². The Kier molecular flexibility index (Phi) is 5.20. The van der Waals surface area contributed by atoms with Crippen LogP contribution in [-0.2, 0) is 28.4 Å². The average molecular weight is 301 g/mol. The van der Waals surface area contributed by atoms with E-state index in [4.69, 9.17) is 4.74 Å². The van der Waals surface area contributed by atoms with Crippen LogP contribution in [0, 0.1) is 0 Å². The molecule has 20 heavy (non-hydrogen) atoms. The third kappa shape index (κ3) is 3.82. The Labute approximate surface area is 120 Å². The summed E-state index contributed by atoms with van der Waals surface area (Å²) in [6, 6.07) is 1.61. The molecule has 1 aliphatic heterocycles. The number of hydrogen-bond acceptors (Lipinski definition) is 4. The maximum absolute atomic E-state index is 12.3. The molecule has 114 valence electrons. The second-order valence-electron chi connectivity index (χ2n) is 5.14. The number of nitrogens with one attached hydrogen (secondary N) is 2. The van der Waals surface area contributed by atoms with Crippen LogP contribution in [0.1, 0.15) is 25.5 Å². The van der Waals surface area contributed by atoms with Crippen molar-refractivity contribution >= 4 is 10.0 Å². The van der Waals surface area contributed by atoms with E-state index in [9.17, 15) is 8.42 Å². The molecule has 1 aromatic rings. The summed E-state index contributed by atoms with van der Waals surface area (Å²) in [7, 11) is -1.59. The van der Waals surface area contributed by atoms with E-state index >= 15 is 0 Å². The number of hydrogen-bond donors (Lipinski definition) is 2. The Balaban J connectivity index is 2.05. The zero-order chi connectivity index (χ0) is 14.6. The first-order chi connectivity index (χ1) is 9.53. The maximum atomic E-state index is 12.3. The molecule has 2 N–H and O–H groups in total. The molecular weight excluding hydrogens is 278 g/mol. The monoisotopic (exact) mass is 301 g/mol. The highest BCUT2D eigenvalue weighted by Crippen LogP contribution is 2.15. The molecule has 0 amide bonds. The van der Waals surface area contributed by atoms with Gasteiger partial charge in [-0.05, 0) is 25.5 Å². The van der Waals surface area contributed by atoms with Crippen molar-refractivity contribution in [3.8, 4) is 0 Å². The first-order valence-electron chi connectivity index (χ1n) is 6.99. The van der Waals surface area contributed by atoms with E-state index in [1.54, 1.807) is 12.3 Å². The predicted octanol–water partition coefficient (Wildman–Crippen LogP) is 0.592. The van der Waals surface area contributed by atoms with Crippen molar-refractivity contribution in [2.75, 3.05) is 19.8 Å². The summed E-state index contributed by atoms with van der Waals surface area (Å²) in [6.07, 6.45) is 3.44. The summed E-state index contributed by atoms with van der Waals surface area (Å²) in [4.78, 5) is 0.320. The minimum absolute atomic E-state index is 0.109. The summed E-state index contributed by atoms with van der Waals surface area (Å²) >= 11 is 0. The standard InChI is InChI=1S/C13H23N3O3S/c1-3-5-14-8-12-7-13(9-16(12)2)20(17,18)15-11-4-6-19-10-11/h7,9,11,14-15H,3-6,8,10H2,1-2H3. The van der Waals surface area contributed by atoms with Crippen LogP contribution in [0.25, 0.3) is 0 Å². The molecule has 0 bridgehead atoms. The molecule has 2 rings (SSSR count). The van der Waals surface area contributed by atoms with Crippen LogP contribution in [0.5, 0.6) is 0 Å². The Hall–Kier alpha value is -0.890. The molecule has 7 heteroatoms. The van der Waals surface area contributed by atoms with E-state index in [0.717, 1.165) is 25.1 Å². The van der Waals surface area contributed by atoms with E-state index in [1.165, 1.54) is 0 Å². The molecule has 0 saturated carbocycles. The molecule has 1 aromatic heterocycles. The van der Waals surface area contributed by atoms with Crippen molar-refractivity contribution in [2.24, 2.45) is 7.05 Å². The minimum Gasteiger partial charge on any atom is -0.380 e. The van der Waals surface area contributed by atoms with Crippen molar-refractivity contribution in [3.05, 3.63) is 18.0 Å². The molecule has 6 nitrogen and oxygen atoms in total. The molecule has 1 unspecified atom stereocenters. The van der Waals surface area contributed by atoms with Gasteiger partial charge in [0.2, 0.25) is 10.0 Å². The fraction of sp³-hybridized carbons (Fsp3) is 0.692. The second kappa shape index (κ2) is 6.71. The summed E-state index contributed by atoms with van der Waals surface area (Å²) < 4.78 is 34.3. The van der Waals surface area contributed by atoms with Crippen LogP contribution < -0.4 is 10.0 Å². The molecule has 0 radical (unpaired) electrons. The number of nitrogens with zero attached hydrogens (tertiary/aromatic N) is 1. The van der Waals surface area contributed by atoms with Gasteiger partial charge in [-0.3, -0.25) is 0 Å². The largest absolute Gasteiger partial charge is 0.380 e. The number of aromatic nitrogens is 1. The molecule has 2 heterocycles. The van der Waals surface area contributed by atoms with Gasteiger partial charge in [-0.15, -0.1) is 0 Å². The number of aryl methyl sites for hydroxylation is 1. The highest BCUT2D eigenvalue weighted by molar-refractivity contribution is 7.89. The van der Waals surface area contributed by atoms with Crippen LogP contribution in [0.2, 0.25) is 0 Å². The molecule has 1 fully saturated rings. The van der Waals surface area contributed by atoms with Crippen molar-refractivity contribution in [3.63, 3.8) is 0 Å². The van der Waals surface area contributed by atoms with Crippen molar-refractivity contribution in [2.45, 2.75) is 37.2 Å². The van der Waals surface area contributed by atoms with Gasteiger partial charge in [0, 0.05) is 38.1 Å². The summed E-state index contributed by atoms with van der Waals surface area (Å²) in [5.74, 6) is 0. The Morgan fingerprint density at radius 2 is 2.30 bits per heavy atom. The second-order valence-corrected chi connectivity index (χ2v) is 6.85. The van der Waals surface area contributed by atoms with Gasteiger partial charge in [-0.1, -0.05) is 6.92 Å². The van der Waals surface area contributed by atoms with E-state index in [0.29, 0.717) is 24.7 Å². The van der Waals surface area contributed by atoms with Crippen LogP contribution in [0.3, 0.4) is 0 Å². The minimum atomic E-state index is -3.45. The molecule has 0 aromatic carbocycles. The van der Waals surface area contributed by atoms with Gasteiger partial charge in [0.25, 0.3) is 0 Å². The Morgan fingerprint density at radius 3 is 2.95 bits per heavy atom. The van der Waals surface area contributed by atoms with Gasteiger partial charge >= 0.3 is 0 Å². The van der Waals surface area contributed by atoms with Gasteiger partial charge in [-0.2, -0.15) is 0 Å². The average Bonchev–Trinajstić information content (AvgIpc) is 3.00. The Bertz CT molecular complexity index is 533. The lowest BCUT2D eigenvalue weighted by Crippen LogP contribution is -2.34. The molecule has 1 aliphatic rings. The number of rotatable bonds is 7. The van der Waals surface area contributed by atoms with Crippen LogP contribution in [-0.4, -0.2) is 38.8 Å². The van der Waals surface area contributed by atoms with E-state index < -0.39 is 10.0 Å². The van der Waals surface area contributed by atoms with Crippen LogP contribution in [0.15, 0.2) is 17.2 Å². The number of ether oxygens (including phenoxy) is 1. The Morgan fingerprint density at radius 1 is 1.50 bits per heavy atom. The summed E-state index contributed by atoms with van der Waals surface area (Å²) in [5, 5.41) is 3.27. The zero-order valence-electron chi connectivity index (χ0n) is 12.1. The molecule has 1 saturated heterocycles. The molecule has 1 atom stereocenters. The molecule has 0 spiro atoms. The quantitative estimate of drug-likeness (QED) is 0.723. The first kappa shape index (κ1) is 15.5. The first-order valence-corrected chi connectivity index (χ1v) is 8.47. The third-order valence-electron chi connectivity index (χ3n) is 3.38. The highest BCUT2D eigenvalue weighted by Gasteiger charge is 2.24. The number of sulfonamides is 1. The van der Waals surface area contributed by atoms with Crippen LogP contribution >= 0.6 is 0 Å². The maximum Gasteiger partial charge on any atom is 0.242 e. The summed E-state index contributed by atoms with van der Waals surface area (Å²) in [5.41, 5.74) is 0.960. The SMILES string of the molecule is CCCNCc1cc(S(=O)(=O)NC2CCOC2)cn1C. The topological polar surface area (TPSA) is 72.4 Å². The third-order valence-corrected chi connectivity index (χ3v) is 4.86. The molecule has 0 aliphatic carbocycles. The van der Waals surface area contributed by atoms with E-state index in [1.807, 2.05) is 11.6 Å². The summed E-state index contributed by atoms with van der Waals surface area (Å²) in [6.45, 7) is 4.77. The predicted molar refractivity (Wildman–Crippen MR) is 77.0 cm³/mol. The van der Waals surface area contributed by atoms with Gasteiger partial charge in [-0.25, -0.2) is 13.1 Å². The zero-order valence-corrected chi connectivity index (χ0v) is 12.9. The van der Waals surface area contributed by atoms with Crippen LogP contribution in [0.4, 0.5) is 0 Å².